The Morgan fingerprint density at radius 2 is 1.75 bits per heavy atom. The minimum atomic E-state index is -0.292. The Balaban J connectivity index is 1.62. The van der Waals surface area contributed by atoms with Gasteiger partial charge in [0.2, 0.25) is 0 Å². The number of anilines is 1. The van der Waals surface area contributed by atoms with Crippen LogP contribution >= 0.6 is 0 Å². The van der Waals surface area contributed by atoms with Crippen molar-refractivity contribution >= 4 is 11.6 Å². The number of aryl methyl sites for hydroxylation is 2. The zero-order valence-corrected chi connectivity index (χ0v) is 15.6. The van der Waals surface area contributed by atoms with Crippen LogP contribution in [-0.4, -0.2) is 25.7 Å². The highest BCUT2D eigenvalue weighted by molar-refractivity contribution is 6.04. The maximum atomic E-state index is 12.8. The van der Waals surface area contributed by atoms with Gasteiger partial charge >= 0.3 is 0 Å². The van der Waals surface area contributed by atoms with E-state index in [1.807, 2.05) is 61.5 Å². The molecular formula is C22H19N5O. The molecule has 4 aromatic rings. The molecule has 1 aromatic carbocycles. The van der Waals surface area contributed by atoms with Crippen LogP contribution < -0.4 is 5.32 Å². The molecule has 0 atom stereocenters. The van der Waals surface area contributed by atoms with Crippen molar-refractivity contribution in [1.82, 2.24) is 19.7 Å². The lowest BCUT2D eigenvalue weighted by Crippen LogP contribution is -2.14. The fraction of sp³-hybridized carbons (Fsp3) is 0.0909. The van der Waals surface area contributed by atoms with Gasteiger partial charge in [0.05, 0.1) is 17.1 Å². The van der Waals surface area contributed by atoms with Crippen LogP contribution in [-0.2, 0) is 7.05 Å². The molecule has 0 saturated carbocycles. The Kier molecular flexibility index (Phi) is 4.68. The molecule has 0 unspecified atom stereocenters. The van der Waals surface area contributed by atoms with Crippen molar-refractivity contribution in [1.29, 1.82) is 0 Å². The molecule has 4 rings (SSSR count). The second kappa shape index (κ2) is 7.44. The summed E-state index contributed by atoms with van der Waals surface area (Å²) >= 11 is 0. The zero-order valence-electron chi connectivity index (χ0n) is 15.6. The fourth-order valence-corrected chi connectivity index (χ4v) is 2.90. The molecule has 6 nitrogen and oxygen atoms in total. The van der Waals surface area contributed by atoms with Crippen molar-refractivity contribution in [2.75, 3.05) is 5.32 Å². The Labute approximate surface area is 162 Å². The third-order valence-corrected chi connectivity index (χ3v) is 4.31. The molecule has 138 valence electrons. The van der Waals surface area contributed by atoms with Gasteiger partial charge in [-0.05, 0) is 31.2 Å². The molecule has 1 N–H and O–H groups in total. The number of rotatable bonds is 4. The molecule has 3 aromatic heterocycles. The molecule has 0 saturated heterocycles. The summed E-state index contributed by atoms with van der Waals surface area (Å²) in [7, 11) is 1.80. The maximum absolute atomic E-state index is 12.8. The molecule has 0 fully saturated rings. The minimum absolute atomic E-state index is 0.292. The average molecular weight is 369 g/mol. The van der Waals surface area contributed by atoms with Crippen LogP contribution in [0, 0.1) is 6.92 Å². The third kappa shape index (κ3) is 3.66. The van der Waals surface area contributed by atoms with Crippen LogP contribution in [0.2, 0.25) is 0 Å². The number of carbonyl (C=O) groups is 1. The number of nitrogens with zero attached hydrogens (tertiary/aromatic N) is 4. The standard InChI is InChI=1S/C22H19N5O/c1-15-9-11-16(12-10-15)17-7-5-8-19(24-17)22(28)25-20-14-27(2)26-21(20)18-6-3-4-13-23-18/h3-14H,1-2H3,(H,25,28). The van der Waals surface area contributed by atoms with Crippen molar-refractivity contribution in [2.24, 2.45) is 7.05 Å². The number of aromatic nitrogens is 4. The first-order valence-corrected chi connectivity index (χ1v) is 8.90. The number of benzene rings is 1. The summed E-state index contributed by atoms with van der Waals surface area (Å²) in [5.41, 5.74) is 5.14. The monoisotopic (exact) mass is 369 g/mol. The van der Waals surface area contributed by atoms with E-state index in [0.29, 0.717) is 22.8 Å². The van der Waals surface area contributed by atoms with Gasteiger partial charge in [-0.25, -0.2) is 4.98 Å². The Hall–Kier alpha value is -3.80. The van der Waals surface area contributed by atoms with Gasteiger partial charge < -0.3 is 5.32 Å². The van der Waals surface area contributed by atoms with E-state index in [-0.39, 0.29) is 5.91 Å². The lowest BCUT2D eigenvalue weighted by Gasteiger charge is -2.07. The van der Waals surface area contributed by atoms with E-state index in [1.54, 1.807) is 30.2 Å². The van der Waals surface area contributed by atoms with E-state index < -0.39 is 0 Å². The number of carbonyl (C=O) groups excluding carboxylic acids is 1. The summed E-state index contributed by atoms with van der Waals surface area (Å²) in [6.07, 6.45) is 3.45. The smallest absolute Gasteiger partial charge is 0.274 e. The summed E-state index contributed by atoms with van der Waals surface area (Å²) in [5.74, 6) is -0.292. The van der Waals surface area contributed by atoms with Gasteiger partial charge in [-0.1, -0.05) is 42.0 Å². The highest BCUT2D eigenvalue weighted by atomic mass is 16.1. The van der Waals surface area contributed by atoms with Gasteiger partial charge in [0.25, 0.3) is 5.91 Å². The molecule has 6 heteroatoms. The molecule has 0 aliphatic heterocycles. The molecule has 28 heavy (non-hydrogen) atoms. The Morgan fingerprint density at radius 3 is 2.50 bits per heavy atom. The van der Waals surface area contributed by atoms with E-state index in [9.17, 15) is 4.79 Å². The van der Waals surface area contributed by atoms with Crippen LogP contribution in [0.3, 0.4) is 0 Å². The molecule has 0 bridgehead atoms. The van der Waals surface area contributed by atoms with Gasteiger partial charge in [-0.15, -0.1) is 0 Å². The summed E-state index contributed by atoms with van der Waals surface area (Å²) in [4.78, 5) is 21.7. The summed E-state index contributed by atoms with van der Waals surface area (Å²) < 4.78 is 1.65. The molecule has 1 amide bonds. The van der Waals surface area contributed by atoms with Crippen LogP contribution in [0.5, 0.6) is 0 Å². The van der Waals surface area contributed by atoms with E-state index in [2.05, 4.69) is 20.4 Å². The molecule has 0 spiro atoms. The molecule has 0 aliphatic rings. The topological polar surface area (TPSA) is 72.7 Å². The van der Waals surface area contributed by atoms with E-state index >= 15 is 0 Å². The van der Waals surface area contributed by atoms with Crippen LogP contribution in [0.25, 0.3) is 22.6 Å². The molecule has 3 heterocycles. The predicted molar refractivity (Wildman–Crippen MR) is 109 cm³/mol. The highest BCUT2D eigenvalue weighted by Crippen LogP contribution is 2.25. The normalized spacial score (nSPS) is 10.6. The first-order valence-electron chi connectivity index (χ1n) is 8.90. The number of nitrogens with one attached hydrogen (secondary N) is 1. The van der Waals surface area contributed by atoms with E-state index in [1.165, 1.54) is 5.56 Å². The third-order valence-electron chi connectivity index (χ3n) is 4.31. The van der Waals surface area contributed by atoms with Gasteiger partial charge in [0.1, 0.15) is 11.4 Å². The molecule has 0 aliphatic carbocycles. The van der Waals surface area contributed by atoms with Crippen molar-refractivity contribution in [3.63, 3.8) is 0 Å². The number of hydrogen-bond donors (Lipinski definition) is 1. The van der Waals surface area contributed by atoms with Crippen molar-refractivity contribution < 1.29 is 4.79 Å². The zero-order chi connectivity index (χ0) is 19.5. The first kappa shape index (κ1) is 17.6. The van der Waals surface area contributed by atoms with E-state index in [4.69, 9.17) is 0 Å². The number of hydrogen-bond acceptors (Lipinski definition) is 4. The van der Waals surface area contributed by atoms with Gasteiger partial charge in [-0.2, -0.15) is 5.10 Å². The molecule has 0 radical (unpaired) electrons. The summed E-state index contributed by atoms with van der Waals surface area (Å²) in [6, 6.07) is 19.1. The lowest BCUT2D eigenvalue weighted by molar-refractivity contribution is 0.102. The number of pyridine rings is 2. The van der Waals surface area contributed by atoms with Gasteiger partial charge in [-0.3, -0.25) is 14.5 Å². The predicted octanol–water partition coefficient (Wildman–Crippen LogP) is 4.10. The van der Waals surface area contributed by atoms with Gasteiger partial charge in [0.15, 0.2) is 0 Å². The SMILES string of the molecule is Cc1ccc(-c2cccc(C(=O)Nc3cn(C)nc3-c3ccccn3)n2)cc1. The minimum Gasteiger partial charge on any atom is -0.317 e. The Morgan fingerprint density at radius 1 is 0.964 bits per heavy atom. The maximum Gasteiger partial charge on any atom is 0.274 e. The van der Waals surface area contributed by atoms with Gasteiger partial charge in [0, 0.05) is 25.0 Å². The van der Waals surface area contributed by atoms with E-state index in [0.717, 1.165) is 11.3 Å². The van der Waals surface area contributed by atoms with Crippen molar-refractivity contribution in [3.8, 4) is 22.6 Å². The fourth-order valence-electron chi connectivity index (χ4n) is 2.90. The average Bonchev–Trinajstić information content (AvgIpc) is 3.09. The summed E-state index contributed by atoms with van der Waals surface area (Å²) in [6.45, 7) is 2.04. The van der Waals surface area contributed by atoms with Crippen molar-refractivity contribution in [2.45, 2.75) is 6.92 Å². The van der Waals surface area contributed by atoms with Crippen LogP contribution in [0.1, 0.15) is 16.1 Å². The Bertz CT molecular complexity index is 1120. The number of amides is 1. The second-order valence-electron chi connectivity index (χ2n) is 6.51. The van der Waals surface area contributed by atoms with Crippen LogP contribution in [0.15, 0.2) is 73.1 Å². The second-order valence-corrected chi connectivity index (χ2v) is 6.51. The largest absolute Gasteiger partial charge is 0.317 e. The highest BCUT2D eigenvalue weighted by Gasteiger charge is 2.16. The van der Waals surface area contributed by atoms with Crippen molar-refractivity contribution in [3.05, 3.63) is 84.3 Å². The molecular weight excluding hydrogens is 350 g/mol. The lowest BCUT2D eigenvalue weighted by atomic mass is 10.1. The first-order chi connectivity index (χ1) is 13.6. The summed E-state index contributed by atoms with van der Waals surface area (Å²) in [5, 5.41) is 7.33. The van der Waals surface area contributed by atoms with Crippen LogP contribution in [0.4, 0.5) is 5.69 Å². The quantitative estimate of drug-likeness (QED) is 0.588.